The number of nitriles is 1. The molecular formula is CH4BNNa2O3. The van der Waals surface area contributed by atoms with Crippen LogP contribution in [-0.2, 0) is 4.65 Å². The molecule has 0 fully saturated rings. The van der Waals surface area contributed by atoms with Crippen molar-refractivity contribution in [3.63, 3.8) is 0 Å². The Morgan fingerprint density at radius 1 is 1.38 bits per heavy atom. The molecule has 0 atom stereocenters. The second kappa shape index (κ2) is 11.1. The van der Waals surface area contributed by atoms with Crippen LogP contribution in [0, 0.1) is 11.5 Å². The van der Waals surface area contributed by atoms with Gasteiger partial charge in [0.1, 0.15) is 0 Å². The topological polar surface area (TPSA) is 73.5 Å². The van der Waals surface area contributed by atoms with Crippen LogP contribution in [0.4, 0.5) is 0 Å². The fourth-order valence-electron chi connectivity index (χ4n) is 0.0471. The summed E-state index contributed by atoms with van der Waals surface area (Å²) >= 11 is 0. The van der Waals surface area contributed by atoms with E-state index in [1.54, 1.807) is 0 Å². The summed E-state index contributed by atoms with van der Waals surface area (Å²) in [5.74, 6) is 0. The molecule has 0 aliphatic carbocycles. The Morgan fingerprint density at radius 3 is 1.75 bits per heavy atom. The van der Waals surface area contributed by atoms with Gasteiger partial charge in [-0.1, -0.05) is 0 Å². The van der Waals surface area contributed by atoms with E-state index in [2.05, 4.69) is 4.65 Å². The van der Waals surface area contributed by atoms with Gasteiger partial charge in [-0.2, -0.15) is 5.26 Å². The fraction of sp³-hybridized carbons (Fsp3) is 0. The molecule has 0 bridgehead atoms. The zero-order valence-electron chi connectivity index (χ0n) is 2.83. The Hall–Kier alpha value is 1.27. The molecule has 0 aliphatic rings. The van der Waals surface area contributed by atoms with E-state index in [0.717, 1.165) is 6.26 Å². The van der Waals surface area contributed by atoms with Crippen molar-refractivity contribution < 1.29 is 14.7 Å². The molecule has 4 nitrogen and oxygen atoms in total. The van der Waals surface area contributed by atoms with Crippen molar-refractivity contribution in [3.05, 3.63) is 0 Å². The number of hydrogen-bond acceptors (Lipinski definition) is 4. The zero-order chi connectivity index (χ0) is 4.99. The van der Waals surface area contributed by atoms with Crippen LogP contribution in [0.2, 0.25) is 0 Å². The molecule has 0 amide bonds. The first-order valence-electron chi connectivity index (χ1n) is 1.18. The molecule has 0 spiro atoms. The Bertz CT molecular complexity index is 72.2. The van der Waals surface area contributed by atoms with Crippen LogP contribution >= 0.6 is 0 Å². The summed E-state index contributed by atoms with van der Waals surface area (Å²) in [4.78, 5) is 0. The van der Waals surface area contributed by atoms with E-state index in [1.807, 2.05) is 0 Å². The Labute approximate surface area is 91.6 Å². The summed E-state index contributed by atoms with van der Waals surface area (Å²) in [6, 6.07) is 0. The summed E-state index contributed by atoms with van der Waals surface area (Å²) in [7, 11) is -1.96. The average Bonchev–Trinajstić information content (AvgIpc) is 1.35. The van der Waals surface area contributed by atoms with Gasteiger partial charge in [0.2, 0.25) is 0 Å². The van der Waals surface area contributed by atoms with E-state index in [0.29, 0.717) is 0 Å². The van der Waals surface area contributed by atoms with Crippen LogP contribution in [0.3, 0.4) is 0 Å². The molecule has 0 saturated carbocycles. The molecule has 0 radical (unpaired) electrons. The minimum absolute atomic E-state index is 0. The van der Waals surface area contributed by atoms with Crippen molar-refractivity contribution in [3.8, 4) is 6.26 Å². The third-order valence-corrected chi connectivity index (χ3v) is 0.158. The third-order valence-electron chi connectivity index (χ3n) is 0.158. The summed E-state index contributed by atoms with van der Waals surface area (Å²) in [5.41, 5.74) is 0. The predicted octanol–water partition coefficient (Wildman–Crippen LogP) is -2.84. The molecule has 7 heteroatoms. The quantitative estimate of drug-likeness (QED) is 0.300. The second-order valence-electron chi connectivity index (χ2n) is 0.535. The van der Waals surface area contributed by atoms with Crippen LogP contribution in [0.25, 0.3) is 0 Å². The molecule has 0 aromatic carbocycles. The first-order valence-corrected chi connectivity index (χ1v) is 1.18. The summed E-state index contributed by atoms with van der Waals surface area (Å²) in [5, 5.41) is 22.8. The number of hydrogen-bond donors (Lipinski definition) is 2. The summed E-state index contributed by atoms with van der Waals surface area (Å²) in [6.07, 6.45) is 1.07. The van der Waals surface area contributed by atoms with Crippen molar-refractivity contribution in [2.24, 2.45) is 0 Å². The molecule has 8 heavy (non-hydrogen) atoms. The van der Waals surface area contributed by atoms with Gasteiger partial charge in [-0.15, -0.1) is 0 Å². The Morgan fingerprint density at radius 2 is 1.75 bits per heavy atom. The summed E-state index contributed by atoms with van der Waals surface area (Å²) < 4.78 is 3.46. The van der Waals surface area contributed by atoms with E-state index in [9.17, 15) is 0 Å². The molecule has 0 heterocycles. The zero-order valence-corrected chi connectivity index (χ0v) is 2.83. The van der Waals surface area contributed by atoms with Crippen molar-refractivity contribution in [1.29, 1.82) is 5.26 Å². The van der Waals surface area contributed by atoms with Crippen molar-refractivity contribution in [2.45, 2.75) is 0 Å². The van der Waals surface area contributed by atoms with E-state index in [-0.39, 0.29) is 59.1 Å². The molecule has 36 valence electrons. The SMILES string of the molecule is N#COB(O)O.[NaH].[NaH]. The standard InChI is InChI=1S/CH2BNO3.2Na.2H/c3-1-6-2(4)5;;;;/h4-5H;;;;. The molecule has 0 aromatic heterocycles. The average molecular weight is 135 g/mol. The van der Waals surface area contributed by atoms with Gasteiger partial charge in [-0.3, -0.25) is 0 Å². The van der Waals surface area contributed by atoms with Crippen LogP contribution in [0.5, 0.6) is 0 Å². The number of rotatable bonds is 1. The minimum atomic E-state index is -1.96. The second-order valence-corrected chi connectivity index (χ2v) is 0.535. The molecule has 0 rings (SSSR count). The molecule has 2 N–H and O–H groups in total. The maximum atomic E-state index is 7.66. The van der Waals surface area contributed by atoms with E-state index in [4.69, 9.17) is 15.3 Å². The van der Waals surface area contributed by atoms with Crippen LogP contribution in [-0.4, -0.2) is 76.5 Å². The molecule has 0 aromatic rings. The summed E-state index contributed by atoms with van der Waals surface area (Å²) in [6.45, 7) is 0. The molecule has 0 unspecified atom stereocenters. The maximum absolute atomic E-state index is 7.66. The van der Waals surface area contributed by atoms with Crippen LogP contribution in [0.15, 0.2) is 0 Å². The normalized spacial score (nSPS) is 4.62. The van der Waals surface area contributed by atoms with E-state index >= 15 is 0 Å². The predicted molar refractivity (Wildman–Crippen MR) is 31.2 cm³/mol. The Kier molecular flexibility index (Phi) is 22.4. The monoisotopic (exact) mass is 135 g/mol. The van der Waals surface area contributed by atoms with Crippen LogP contribution < -0.4 is 0 Å². The first kappa shape index (κ1) is 16.1. The van der Waals surface area contributed by atoms with E-state index in [1.165, 1.54) is 0 Å². The van der Waals surface area contributed by atoms with Crippen molar-refractivity contribution >= 4 is 66.4 Å². The van der Waals surface area contributed by atoms with Gasteiger partial charge in [0.05, 0.1) is 0 Å². The van der Waals surface area contributed by atoms with Gasteiger partial charge in [0.25, 0.3) is 6.26 Å². The van der Waals surface area contributed by atoms with Gasteiger partial charge in [0, 0.05) is 0 Å². The van der Waals surface area contributed by atoms with Gasteiger partial charge < -0.3 is 14.7 Å². The first-order chi connectivity index (χ1) is 2.77. The molecular weight excluding hydrogens is 131 g/mol. The number of nitrogens with zero attached hydrogens (tertiary/aromatic N) is 1. The molecule has 0 saturated heterocycles. The third kappa shape index (κ3) is 15.7. The molecule has 0 aliphatic heterocycles. The van der Waals surface area contributed by atoms with Gasteiger partial charge >= 0.3 is 66.4 Å². The van der Waals surface area contributed by atoms with Gasteiger partial charge in [-0.05, 0) is 0 Å². The van der Waals surface area contributed by atoms with Gasteiger partial charge in [0.15, 0.2) is 0 Å². The van der Waals surface area contributed by atoms with Crippen molar-refractivity contribution in [2.75, 3.05) is 0 Å². The fourth-order valence-corrected chi connectivity index (χ4v) is 0.0471. The van der Waals surface area contributed by atoms with Gasteiger partial charge in [-0.25, -0.2) is 0 Å². The van der Waals surface area contributed by atoms with E-state index < -0.39 is 7.32 Å². The van der Waals surface area contributed by atoms with Crippen LogP contribution in [0.1, 0.15) is 0 Å². The van der Waals surface area contributed by atoms with Crippen molar-refractivity contribution in [1.82, 2.24) is 0 Å². The Balaban J connectivity index is -0.000000125.